The van der Waals surface area contributed by atoms with Gasteiger partial charge in [0.1, 0.15) is 11.6 Å². The van der Waals surface area contributed by atoms with Crippen LogP contribution in [-0.2, 0) is 0 Å². The van der Waals surface area contributed by atoms with Gasteiger partial charge in [0.15, 0.2) is 0 Å². The predicted octanol–water partition coefficient (Wildman–Crippen LogP) is 2.33. The van der Waals surface area contributed by atoms with Gasteiger partial charge in [0.05, 0.1) is 4.92 Å². The first kappa shape index (κ1) is 13.5. The van der Waals surface area contributed by atoms with E-state index in [1.54, 1.807) is 12.1 Å². The first-order valence-corrected chi connectivity index (χ1v) is 5.92. The molecule has 0 radical (unpaired) electrons. The van der Waals surface area contributed by atoms with Gasteiger partial charge in [0.2, 0.25) is 0 Å². The molecule has 0 saturated carbocycles. The summed E-state index contributed by atoms with van der Waals surface area (Å²) >= 11 is 1.45. The lowest BCUT2D eigenvalue weighted by Crippen LogP contribution is -1.99. The van der Waals surface area contributed by atoms with Gasteiger partial charge < -0.3 is 5.11 Å². The Balaban J connectivity index is 2.93. The molecule has 0 spiro atoms. The number of hydrogen-bond donors (Lipinski definition) is 1. The summed E-state index contributed by atoms with van der Waals surface area (Å²) in [6.45, 7) is 2.03. The van der Waals surface area contributed by atoms with Crippen molar-refractivity contribution in [3.63, 3.8) is 0 Å². The van der Waals surface area contributed by atoms with Gasteiger partial charge in [-0.25, -0.2) is 0 Å². The van der Waals surface area contributed by atoms with Crippen molar-refractivity contribution < 1.29 is 10.0 Å². The van der Waals surface area contributed by atoms with Crippen molar-refractivity contribution in [2.24, 2.45) is 0 Å². The molecular formula is C11H12N2O3S. The minimum absolute atomic E-state index is 0.0640. The second kappa shape index (κ2) is 6.23. The topological polar surface area (TPSA) is 87.2 Å². The molecule has 6 heteroatoms. The van der Waals surface area contributed by atoms with E-state index < -0.39 is 4.92 Å². The number of aliphatic hydroxyl groups excluding tert-OH is 1. The van der Waals surface area contributed by atoms with E-state index >= 15 is 0 Å². The Labute approximate surface area is 103 Å². The average molecular weight is 252 g/mol. The van der Waals surface area contributed by atoms with Gasteiger partial charge in [0, 0.05) is 22.8 Å². The molecule has 0 heterocycles. The van der Waals surface area contributed by atoms with Crippen LogP contribution in [0.1, 0.15) is 18.9 Å². The third-order valence-corrected chi connectivity index (χ3v) is 3.32. The third kappa shape index (κ3) is 3.73. The van der Waals surface area contributed by atoms with E-state index in [2.05, 4.69) is 0 Å². The van der Waals surface area contributed by atoms with Crippen molar-refractivity contribution in [1.82, 2.24) is 0 Å². The monoisotopic (exact) mass is 252 g/mol. The Morgan fingerprint density at radius 1 is 1.65 bits per heavy atom. The molecule has 0 aliphatic rings. The number of hydrogen-bond acceptors (Lipinski definition) is 5. The van der Waals surface area contributed by atoms with Gasteiger partial charge in [0.25, 0.3) is 5.69 Å². The Bertz CT molecular complexity index is 457. The van der Waals surface area contributed by atoms with Crippen LogP contribution >= 0.6 is 11.8 Å². The molecule has 0 saturated heterocycles. The van der Waals surface area contributed by atoms with Gasteiger partial charge in [-0.1, -0.05) is 6.92 Å². The van der Waals surface area contributed by atoms with Crippen molar-refractivity contribution in [2.75, 3.05) is 6.61 Å². The normalized spacial score (nSPS) is 11.8. The van der Waals surface area contributed by atoms with Gasteiger partial charge in [-0.2, -0.15) is 5.26 Å². The molecule has 0 aliphatic carbocycles. The number of nitro benzene ring substituents is 1. The maximum Gasteiger partial charge on any atom is 0.288 e. The maximum atomic E-state index is 10.7. The van der Waals surface area contributed by atoms with Crippen LogP contribution in [0.3, 0.4) is 0 Å². The Hall–Kier alpha value is -1.58. The van der Waals surface area contributed by atoms with Gasteiger partial charge in [-0.15, -0.1) is 11.8 Å². The minimum atomic E-state index is -0.556. The van der Waals surface area contributed by atoms with Crippen LogP contribution in [0.15, 0.2) is 23.1 Å². The number of rotatable bonds is 5. The molecule has 0 amide bonds. The van der Waals surface area contributed by atoms with Crippen LogP contribution in [0.25, 0.3) is 0 Å². The second-order valence-electron chi connectivity index (χ2n) is 3.49. The van der Waals surface area contributed by atoms with E-state index in [0.29, 0.717) is 6.42 Å². The van der Waals surface area contributed by atoms with Crippen LogP contribution in [0.5, 0.6) is 0 Å². The SMILES string of the molecule is CC(CCO)Sc1ccc(C#N)c([N+](=O)[O-])c1. The highest BCUT2D eigenvalue weighted by Gasteiger charge is 2.15. The number of nitriles is 1. The fraction of sp³-hybridized carbons (Fsp3) is 0.364. The van der Waals surface area contributed by atoms with Crippen molar-refractivity contribution in [1.29, 1.82) is 5.26 Å². The van der Waals surface area contributed by atoms with E-state index in [-0.39, 0.29) is 23.1 Å². The highest BCUT2D eigenvalue weighted by molar-refractivity contribution is 7.99. The Morgan fingerprint density at radius 3 is 2.88 bits per heavy atom. The number of nitro groups is 1. The highest BCUT2D eigenvalue weighted by atomic mass is 32.2. The van der Waals surface area contributed by atoms with Crippen LogP contribution in [0.4, 0.5) is 5.69 Å². The van der Waals surface area contributed by atoms with Crippen molar-refractivity contribution >= 4 is 17.4 Å². The lowest BCUT2D eigenvalue weighted by Gasteiger charge is -2.09. The first-order valence-electron chi connectivity index (χ1n) is 5.04. The van der Waals surface area contributed by atoms with Gasteiger partial charge in [-0.05, 0) is 18.6 Å². The van der Waals surface area contributed by atoms with Gasteiger partial charge in [-0.3, -0.25) is 10.1 Å². The first-order chi connectivity index (χ1) is 8.08. The van der Waals surface area contributed by atoms with E-state index in [1.165, 1.54) is 23.9 Å². The molecule has 0 aromatic heterocycles. The summed E-state index contributed by atoms with van der Waals surface area (Å²) in [5.41, 5.74) is -0.108. The number of aliphatic hydroxyl groups is 1. The molecule has 1 aromatic rings. The fourth-order valence-electron chi connectivity index (χ4n) is 1.30. The third-order valence-electron chi connectivity index (χ3n) is 2.16. The Kier molecular flexibility index (Phi) is 4.94. The smallest absolute Gasteiger partial charge is 0.288 e. The quantitative estimate of drug-likeness (QED) is 0.493. The largest absolute Gasteiger partial charge is 0.396 e. The summed E-state index contributed by atoms with van der Waals surface area (Å²) in [6, 6.07) is 6.33. The summed E-state index contributed by atoms with van der Waals surface area (Å²) < 4.78 is 0. The Morgan fingerprint density at radius 2 is 2.35 bits per heavy atom. The zero-order valence-corrected chi connectivity index (χ0v) is 10.1. The molecule has 90 valence electrons. The zero-order chi connectivity index (χ0) is 12.8. The van der Waals surface area contributed by atoms with E-state index in [0.717, 1.165) is 4.90 Å². The van der Waals surface area contributed by atoms with E-state index in [9.17, 15) is 10.1 Å². The van der Waals surface area contributed by atoms with Crippen LogP contribution < -0.4 is 0 Å². The standard InChI is InChI=1S/C11H12N2O3S/c1-8(4-5-14)17-10-3-2-9(7-12)11(6-10)13(15)16/h2-3,6,8,14H,4-5H2,1H3. The van der Waals surface area contributed by atoms with Crippen molar-refractivity contribution in [3.8, 4) is 6.07 Å². The molecule has 1 atom stereocenters. The summed E-state index contributed by atoms with van der Waals surface area (Å²) in [5, 5.41) is 28.4. The zero-order valence-electron chi connectivity index (χ0n) is 9.29. The highest BCUT2D eigenvalue weighted by Crippen LogP contribution is 2.29. The number of thioether (sulfide) groups is 1. The lowest BCUT2D eigenvalue weighted by molar-refractivity contribution is -0.385. The molecule has 0 fully saturated rings. The summed E-state index contributed by atoms with van der Waals surface area (Å²) in [6.07, 6.45) is 0.623. The van der Waals surface area contributed by atoms with Crippen molar-refractivity contribution in [2.45, 2.75) is 23.5 Å². The molecular weight excluding hydrogens is 240 g/mol. The minimum Gasteiger partial charge on any atom is -0.396 e. The summed E-state index contributed by atoms with van der Waals surface area (Å²) in [7, 11) is 0. The molecule has 5 nitrogen and oxygen atoms in total. The molecule has 1 aromatic carbocycles. The maximum absolute atomic E-state index is 10.7. The van der Waals surface area contributed by atoms with E-state index in [4.69, 9.17) is 10.4 Å². The average Bonchev–Trinajstić information content (AvgIpc) is 2.29. The molecule has 0 aliphatic heterocycles. The van der Waals surface area contributed by atoms with Crippen molar-refractivity contribution in [3.05, 3.63) is 33.9 Å². The fourth-order valence-corrected chi connectivity index (χ4v) is 2.32. The molecule has 17 heavy (non-hydrogen) atoms. The molecule has 1 unspecified atom stereocenters. The second-order valence-corrected chi connectivity index (χ2v) is 5.00. The summed E-state index contributed by atoms with van der Waals surface area (Å²) in [4.78, 5) is 10.9. The number of benzene rings is 1. The van der Waals surface area contributed by atoms with Crippen LogP contribution in [-0.4, -0.2) is 21.9 Å². The molecule has 0 bridgehead atoms. The lowest BCUT2D eigenvalue weighted by atomic mass is 10.2. The number of nitrogens with zero attached hydrogens (tertiary/aromatic N) is 2. The summed E-state index contributed by atoms with van der Waals surface area (Å²) in [5.74, 6) is 0. The van der Waals surface area contributed by atoms with Crippen LogP contribution in [0, 0.1) is 21.4 Å². The molecule has 1 N–H and O–H groups in total. The van der Waals surface area contributed by atoms with Gasteiger partial charge >= 0.3 is 0 Å². The molecule has 1 rings (SSSR count). The van der Waals surface area contributed by atoms with Crippen LogP contribution in [0.2, 0.25) is 0 Å². The predicted molar refractivity (Wildman–Crippen MR) is 64.8 cm³/mol. The van der Waals surface area contributed by atoms with E-state index in [1.807, 2.05) is 6.92 Å².